The van der Waals surface area contributed by atoms with Crippen LogP contribution in [-0.4, -0.2) is 28.6 Å². The third-order valence-corrected chi connectivity index (χ3v) is 5.88. The molecule has 3 rings (SSSR count). The number of carbonyl (C=O) groups excluding carboxylic acids is 1. The fraction of sp³-hybridized carbons (Fsp3) is 0.286. The SMILES string of the molecule is CCOC(=O)C(C[N+](=O)[O-])(Sc1ccc2ccccc2c1)n1c(C)ccc1C. The standard InChI is InChI=1S/C21H22N2O4S/c1-4-27-20(24)21(14-22(25)26,23-15(2)9-10-16(23)3)28-19-12-11-17-7-5-6-8-18(17)13-19/h5-13H,4,14H2,1-3H3. The van der Waals surface area contributed by atoms with Gasteiger partial charge in [-0.2, -0.15) is 0 Å². The summed E-state index contributed by atoms with van der Waals surface area (Å²) in [5, 5.41) is 13.7. The largest absolute Gasteiger partial charge is 0.463 e. The van der Waals surface area contributed by atoms with E-state index in [-0.39, 0.29) is 6.61 Å². The van der Waals surface area contributed by atoms with Crippen molar-refractivity contribution in [2.45, 2.75) is 30.5 Å². The zero-order valence-electron chi connectivity index (χ0n) is 16.0. The molecule has 0 saturated heterocycles. The summed E-state index contributed by atoms with van der Waals surface area (Å²) in [5.41, 5.74) is 1.53. The molecule has 0 saturated carbocycles. The number of hydrogen-bond acceptors (Lipinski definition) is 5. The zero-order chi connectivity index (χ0) is 20.3. The summed E-state index contributed by atoms with van der Waals surface area (Å²) in [6, 6.07) is 17.4. The smallest absolute Gasteiger partial charge is 0.350 e. The molecule has 0 spiro atoms. The van der Waals surface area contributed by atoms with E-state index in [1.54, 1.807) is 11.5 Å². The molecule has 0 aliphatic carbocycles. The number of nitro groups is 1. The Morgan fingerprint density at radius 2 is 1.75 bits per heavy atom. The van der Waals surface area contributed by atoms with Crippen LogP contribution in [0.3, 0.4) is 0 Å². The van der Waals surface area contributed by atoms with Gasteiger partial charge in [0.1, 0.15) is 0 Å². The van der Waals surface area contributed by atoms with E-state index in [0.29, 0.717) is 0 Å². The summed E-state index contributed by atoms with van der Waals surface area (Å²) in [4.78, 5) is 23.5. The number of thioether (sulfide) groups is 1. The summed E-state index contributed by atoms with van der Waals surface area (Å²) in [6.07, 6.45) is 0. The minimum atomic E-state index is -1.53. The molecule has 146 valence electrons. The van der Waals surface area contributed by atoms with E-state index in [1.165, 1.54) is 0 Å². The zero-order valence-corrected chi connectivity index (χ0v) is 16.9. The Labute approximate surface area is 167 Å². The molecule has 0 aliphatic rings. The lowest BCUT2D eigenvalue weighted by Crippen LogP contribution is -2.47. The van der Waals surface area contributed by atoms with Gasteiger partial charge < -0.3 is 9.30 Å². The number of ether oxygens (including phenoxy) is 1. The lowest BCUT2D eigenvalue weighted by atomic mass is 10.1. The number of nitrogens with zero attached hydrogens (tertiary/aromatic N) is 2. The summed E-state index contributed by atoms with van der Waals surface area (Å²) in [6.45, 7) is 4.93. The number of fused-ring (bicyclic) bond motifs is 1. The van der Waals surface area contributed by atoms with Crippen LogP contribution in [-0.2, 0) is 14.4 Å². The predicted octanol–water partition coefficient (Wildman–Crippen LogP) is 4.54. The fourth-order valence-corrected chi connectivity index (χ4v) is 4.83. The van der Waals surface area contributed by atoms with Crippen molar-refractivity contribution >= 4 is 28.5 Å². The lowest BCUT2D eigenvalue weighted by Gasteiger charge is -2.31. The highest BCUT2D eigenvalue weighted by Crippen LogP contribution is 2.41. The van der Waals surface area contributed by atoms with Crippen molar-refractivity contribution in [3.8, 4) is 0 Å². The number of carbonyl (C=O) groups is 1. The Morgan fingerprint density at radius 3 is 2.36 bits per heavy atom. The van der Waals surface area contributed by atoms with Crippen LogP contribution in [0.5, 0.6) is 0 Å². The molecular formula is C21H22N2O4S. The average molecular weight is 398 g/mol. The third-order valence-electron chi connectivity index (χ3n) is 4.58. The van der Waals surface area contributed by atoms with Crippen molar-refractivity contribution in [2.24, 2.45) is 0 Å². The molecule has 0 aliphatic heterocycles. The van der Waals surface area contributed by atoms with Crippen molar-refractivity contribution in [1.29, 1.82) is 0 Å². The number of aromatic nitrogens is 1. The molecule has 3 aromatic rings. The molecule has 1 atom stereocenters. The Bertz CT molecular complexity index is 1010. The molecule has 1 aromatic heterocycles. The quantitative estimate of drug-likeness (QED) is 0.253. The van der Waals surface area contributed by atoms with Gasteiger partial charge in [0.15, 0.2) is 0 Å². The predicted molar refractivity (Wildman–Crippen MR) is 110 cm³/mol. The van der Waals surface area contributed by atoms with Crippen molar-refractivity contribution < 1.29 is 14.5 Å². The molecule has 0 fully saturated rings. The molecule has 0 N–H and O–H groups in total. The minimum absolute atomic E-state index is 0.149. The van der Waals surface area contributed by atoms with Gasteiger partial charge in [0.2, 0.25) is 6.54 Å². The van der Waals surface area contributed by atoms with E-state index in [4.69, 9.17) is 4.74 Å². The van der Waals surface area contributed by atoms with Gasteiger partial charge in [-0.1, -0.05) is 42.1 Å². The first-order chi connectivity index (χ1) is 13.4. The van der Waals surface area contributed by atoms with Crippen LogP contribution < -0.4 is 0 Å². The van der Waals surface area contributed by atoms with E-state index in [1.807, 2.05) is 68.4 Å². The topological polar surface area (TPSA) is 74.4 Å². The highest BCUT2D eigenvalue weighted by molar-refractivity contribution is 8.00. The molecule has 1 unspecified atom stereocenters. The second kappa shape index (κ2) is 8.06. The lowest BCUT2D eigenvalue weighted by molar-refractivity contribution is -0.487. The summed E-state index contributed by atoms with van der Waals surface area (Å²) < 4.78 is 7.03. The molecule has 7 heteroatoms. The first kappa shape index (κ1) is 19.9. The van der Waals surface area contributed by atoms with Crippen molar-refractivity contribution in [1.82, 2.24) is 4.57 Å². The highest BCUT2D eigenvalue weighted by atomic mass is 32.2. The maximum Gasteiger partial charge on any atom is 0.350 e. The Balaban J connectivity index is 2.17. The summed E-state index contributed by atoms with van der Waals surface area (Å²) >= 11 is 1.16. The summed E-state index contributed by atoms with van der Waals surface area (Å²) in [7, 11) is 0. The van der Waals surface area contributed by atoms with Crippen LogP contribution in [0.4, 0.5) is 0 Å². The number of rotatable bonds is 7. The van der Waals surface area contributed by atoms with Gasteiger partial charge in [-0.05, 0) is 55.8 Å². The van der Waals surface area contributed by atoms with Gasteiger partial charge in [0, 0.05) is 21.2 Å². The van der Waals surface area contributed by atoms with Crippen molar-refractivity contribution in [2.75, 3.05) is 13.2 Å². The Kier molecular flexibility index (Phi) is 5.74. The first-order valence-corrected chi connectivity index (χ1v) is 9.81. The molecule has 0 bridgehead atoms. The highest BCUT2D eigenvalue weighted by Gasteiger charge is 2.49. The van der Waals surface area contributed by atoms with Crippen LogP contribution >= 0.6 is 11.8 Å². The number of esters is 1. The monoisotopic (exact) mass is 398 g/mol. The van der Waals surface area contributed by atoms with Gasteiger partial charge in [-0.25, -0.2) is 4.79 Å². The maximum atomic E-state index is 13.1. The maximum absolute atomic E-state index is 13.1. The van der Waals surface area contributed by atoms with Crippen LogP contribution in [0.2, 0.25) is 0 Å². The number of benzene rings is 2. The molecular weight excluding hydrogens is 376 g/mol. The molecule has 0 radical (unpaired) electrons. The first-order valence-electron chi connectivity index (χ1n) is 8.99. The van der Waals surface area contributed by atoms with E-state index < -0.39 is 22.3 Å². The van der Waals surface area contributed by atoms with E-state index >= 15 is 0 Å². The van der Waals surface area contributed by atoms with Crippen LogP contribution in [0.25, 0.3) is 10.8 Å². The normalized spacial score (nSPS) is 13.2. The van der Waals surface area contributed by atoms with Gasteiger partial charge in [0.25, 0.3) is 4.87 Å². The van der Waals surface area contributed by atoms with E-state index in [2.05, 4.69) is 0 Å². The number of hydrogen-bond donors (Lipinski definition) is 0. The fourth-order valence-electron chi connectivity index (χ4n) is 3.43. The van der Waals surface area contributed by atoms with E-state index in [0.717, 1.165) is 38.8 Å². The van der Waals surface area contributed by atoms with Gasteiger partial charge >= 0.3 is 5.97 Å². The summed E-state index contributed by atoms with van der Waals surface area (Å²) in [5.74, 6) is -0.618. The Hall–Kier alpha value is -2.80. The van der Waals surface area contributed by atoms with Crippen LogP contribution in [0.15, 0.2) is 59.5 Å². The average Bonchev–Trinajstić information content (AvgIpc) is 2.99. The van der Waals surface area contributed by atoms with Crippen molar-refractivity contribution in [3.63, 3.8) is 0 Å². The second-order valence-electron chi connectivity index (χ2n) is 6.56. The van der Waals surface area contributed by atoms with Crippen LogP contribution in [0.1, 0.15) is 18.3 Å². The third kappa shape index (κ3) is 3.75. The van der Waals surface area contributed by atoms with Crippen LogP contribution in [0, 0.1) is 24.0 Å². The van der Waals surface area contributed by atoms with Crippen molar-refractivity contribution in [3.05, 3.63) is 76.1 Å². The van der Waals surface area contributed by atoms with Gasteiger partial charge in [-0.15, -0.1) is 0 Å². The second-order valence-corrected chi connectivity index (χ2v) is 7.91. The van der Waals surface area contributed by atoms with Gasteiger partial charge in [0.05, 0.1) is 6.61 Å². The Morgan fingerprint density at radius 1 is 1.11 bits per heavy atom. The minimum Gasteiger partial charge on any atom is -0.463 e. The molecule has 28 heavy (non-hydrogen) atoms. The van der Waals surface area contributed by atoms with Gasteiger partial charge in [-0.3, -0.25) is 10.1 Å². The van der Waals surface area contributed by atoms with E-state index in [9.17, 15) is 14.9 Å². The molecule has 2 aromatic carbocycles. The molecule has 1 heterocycles. The molecule has 0 amide bonds. The number of aryl methyl sites for hydroxylation is 2. The molecule has 6 nitrogen and oxygen atoms in total.